The normalized spacial score (nSPS) is 13.5. The van der Waals surface area contributed by atoms with Crippen molar-refractivity contribution in [2.45, 2.75) is 59.2 Å². The molecule has 0 saturated heterocycles. The molecule has 0 aromatic carbocycles. The number of nitrogens with one attached hydrogen (secondary N) is 1. The predicted molar refractivity (Wildman–Crippen MR) is 95.4 cm³/mol. The highest BCUT2D eigenvalue weighted by Crippen LogP contribution is 2.26. The number of nitrogens with zero attached hydrogens (tertiary/aromatic N) is 3. The van der Waals surface area contributed by atoms with Gasteiger partial charge < -0.3 is 10.2 Å². The SMILES string of the molecule is CCC(CSC)N(C)c1c(CNC(C)(C)C)c(C)nn1C. The zero-order chi connectivity index (χ0) is 16.2. The van der Waals surface area contributed by atoms with Crippen molar-refractivity contribution >= 4 is 17.6 Å². The summed E-state index contributed by atoms with van der Waals surface area (Å²) in [5.41, 5.74) is 2.55. The summed E-state index contributed by atoms with van der Waals surface area (Å²) in [6.07, 6.45) is 3.32. The van der Waals surface area contributed by atoms with Crippen LogP contribution >= 0.6 is 11.8 Å². The lowest BCUT2D eigenvalue weighted by Crippen LogP contribution is -2.38. The average molecular weight is 313 g/mol. The summed E-state index contributed by atoms with van der Waals surface area (Å²) in [4.78, 5) is 2.40. The third-order valence-electron chi connectivity index (χ3n) is 3.82. The molecule has 1 unspecified atom stereocenters. The van der Waals surface area contributed by atoms with E-state index in [1.54, 1.807) is 0 Å². The highest BCUT2D eigenvalue weighted by molar-refractivity contribution is 7.98. The minimum absolute atomic E-state index is 0.113. The first kappa shape index (κ1) is 18.4. The Kier molecular flexibility index (Phi) is 6.60. The van der Waals surface area contributed by atoms with Gasteiger partial charge in [0.2, 0.25) is 0 Å². The van der Waals surface area contributed by atoms with Gasteiger partial charge in [-0.1, -0.05) is 6.92 Å². The second kappa shape index (κ2) is 7.54. The van der Waals surface area contributed by atoms with Gasteiger partial charge in [-0.25, -0.2) is 0 Å². The fraction of sp³-hybridized carbons (Fsp3) is 0.812. The molecule has 0 aliphatic heterocycles. The third-order valence-corrected chi connectivity index (χ3v) is 4.54. The maximum absolute atomic E-state index is 4.64. The van der Waals surface area contributed by atoms with E-state index in [0.717, 1.165) is 24.4 Å². The maximum Gasteiger partial charge on any atom is 0.131 e. The molecule has 0 saturated carbocycles. The van der Waals surface area contributed by atoms with Gasteiger partial charge in [0, 0.05) is 43.5 Å². The van der Waals surface area contributed by atoms with Gasteiger partial charge in [0.15, 0.2) is 0 Å². The number of anilines is 1. The zero-order valence-corrected chi connectivity index (χ0v) is 15.8. The molecule has 0 amide bonds. The summed E-state index contributed by atoms with van der Waals surface area (Å²) >= 11 is 1.91. The van der Waals surface area contributed by atoms with Gasteiger partial charge in [-0.15, -0.1) is 0 Å². The molecule has 1 aromatic heterocycles. The molecule has 1 heterocycles. The first-order valence-corrected chi connectivity index (χ1v) is 9.09. The average Bonchev–Trinajstić information content (AvgIpc) is 2.66. The van der Waals surface area contributed by atoms with Crippen molar-refractivity contribution in [2.24, 2.45) is 7.05 Å². The molecule has 0 radical (unpaired) electrons. The van der Waals surface area contributed by atoms with Gasteiger partial charge in [-0.3, -0.25) is 4.68 Å². The molecule has 0 aliphatic carbocycles. The fourth-order valence-electron chi connectivity index (χ4n) is 2.56. The quantitative estimate of drug-likeness (QED) is 0.838. The van der Waals surface area contributed by atoms with Gasteiger partial charge in [-0.2, -0.15) is 16.9 Å². The zero-order valence-electron chi connectivity index (χ0n) is 14.9. The van der Waals surface area contributed by atoms with Crippen molar-refractivity contribution in [1.82, 2.24) is 15.1 Å². The smallest absolute Gasteiger partial charge is 0.131 e. The molecule has 0 fully saturated rings. The van der Waals surface area contributed by atoms with Gasteiger partial charge >= 0.3 is 0 Å². The van der Waals surface area contributed by atoms with Crippen molar-refractivity contribution in [3.63, 3.8) is 0 Å². The number of aromatic nitrogens is 2. The first-order chi connectivity index (χ1) is 9.71. The van der Waals surface area contributed by atoms with Gasteiger partial charge in [-0.05, 0) is 40.4 Å². The van der Waals surface area contributed by atoms with Crippen LogP contribution in [0.15, 0.2) is 0 Å². The lowest BCUT2D eigenvalue weighted by atomic mass is 10.1. The molecular weight excluding hydrogens is 280 g/mol. The molecule has 1 atom stereocenters. The minimum Gasteiger partial charge on any atom is -0.356 e. The largest absolute Gasteiger partial charge is 0.356 e. The Balaban J connectivity index is 3.05. The van der Waals surface area contributed by atoms with E-state index in [9.17, 15) is 0 Å². The number of aryl methyl sites for hydroxylation is 2. The van der Waals surface area contributed by atoms with Crippen LogP contribution < -0.4 is 10.2 Å². The Labute approximate surface area is 134 Å². The maximum atomic E-state index is 4.64. The number of hydrogen-bond donors (Lipinski definition) is 1. The van der Waals surface area contributed by atoms with Crippen LogP contribution in [0.3, 0.4) is 0 Å². The Hall–Kier alpha value is -0.680. The van der Waals surface area contributed by atoms with E-state index in [4.69, 9.17) is 0 Å². The van der Waals surface area contributed by atoms with Crippen LogP contribution in [0.25, 0.3) is 0 Å². The van der Waals surface area contributed by atoms with E-state index in [2.05, 4.69) is 63.2 Å². The Bertz CT molecular complexity index is 448. The Morgan fingerprint density at radius 3 is 2.48 bits per heavy atom. The van der Waals surface area contributed by atoms with Gasteiger partial charge in [0.05, 0.1) is 5.69 Å². The Morgan fingerprint density at radius 2 is 2.00 bits per heavy atom. The molecule has 4 nitrogen and oxygen atoms in total. The van der Waals surface area contributed by atoms with E-state index in [1.807, 2.05) is 23.5 Å². The van der Waals surface area contributed by atoms with Crippen molar-refractivity contribution in [3.8, 4) is 0 Å². The lowest BCUT2D eigenvalue weighted by molar-refractivity contribution is 0.423. The molecular formula is C16H32N4S. The summed E-state index contributed by atoms with van der Waals surface area (Å²) < 4.78 is 2.03. The summed E-state index contributed by atoms with van der Waals surface area (Å²) in [5, 5.41) is 8.23. The van der Waals surface area contributed by atoms with Gasteiger partial charge in [0.1, 0.15) is 5.82 Å². The highest BCUT2D eigenvalue weighted by atomic mass is 32.2. The molecule has 0 spiro atoms. The van der Waals surface area contributed by atoms with Crippen molar-refractivity contribution in [2.75, 3.05) is 24.0 Å². The molecule has 0 aliphatic rings. The van der Waals surface area contributed by atoms with E-state index in [-0.39, 0.29) is 5.54 Å². The van der Waals surface area contributed by atoms with Crippen LogP contribution in [-0.2, 0) is 13.6 Å². The topological polar surface area (TPSA) is 33.1 Å². The number of thioether (sulfide) groups is 1. The molecule has 1 rings (SSSR count). The minimum atomic E-state index is 0.113. The highest BCUT2D eigenvalue weighted by Gasteiger charge is 2.22. The van der Waals surface area contributed by atoms with Crippen molar-refractivity contribution in [1.29, 1.82) is 0 Å². The van der Waals surface area contributed by atoms with E-state index >= 15 is 0 Å². The monoisotopic (exact) mass is 312 g/mol. The van der Waals surface area contributed by atoms with Crippen LogP contribution in [0.5, 0.6) is 0 Å². The molecule has 21 heavy (non-hydrogen) atoms. The van der Waals surface area contributed by atoms with E-state index < -0.39 is 0 Å². The number of rotatable bonds is 7. The van der Waals surface area contributed by atoms with Gasteiger partial charge in [0.25, 0.3) is 0 Å². The summed E-state index contributed by atoms with van der Waals surface area (Å²) in [6.45, 7) is 11.8. The Morgan fingerprint density at radius 1 is 1.38 bits per heavy atom. The first-order valence-electron chi connectivity index (χ1n) is 7.70. The van der Waals surface area contributed by atoms with Crippen LogP contribution in [0.1, 0.15) is 45.4 Å². The van der Waals surface area contributed by atoms with E-state index in [1.165, 1.54) is 11.4 Å². The molecule has 122 valence electrons. The summed E-state index contributed by atoms with van der Waals surface area (Å²) in [5.74, 6) is 2.38. The molecule has 1 aromatic rings. The number of hydrogen-bond acceptors (Lipinski definition) is 4. The van der Waals surface area contributed by atoms with Crippen LogP contribution in [-0.4, -0.2) is 40.4 Å². The molecule has 5 heteroatoms. The van der Waals surface area contributed by atoms with Crippen LogP contribution in [0.4, 0.5) is 5.82 Å². The van der Waals surface area contributed by atoms with Crippen molar-refractivity contribution < 1.29 is 0 Å². The summed E-state index contributed by atoms with van der Waals surface area (Å²) in [6, 6.07) is 0.545. The lowest BCUT2D eigenvalue weighted by Gasteiger charge is -2.30. The second-order valence-electron chi connectivity index (χ2n) is 6.74. The van der Waals surface area contributed by atoms with Crippen molar-refractivity contribution in [3.05, 3.63) is 11.3 Å². The predicted octanol–water partition coefficient (Wildman–Crippen LogP) is 3.19. The summed E-state index contributed by atoms with van der Waals surface area (Å²) in [7, 11) is 4.24. The van der Waals surface area contributed by atoms with E-state index in [0.29, 0.717) is 6.04 Å². The van der Waals surface area contributed by atoms with Crippen LogP contribution in [0.2, 0.25) is 0 Å². The fourth-order valence-corrected chi connectivity index (χ4v) is 3.40. The standard InChI is InChI=1S/C16H32N4S/c1-9-13(11-21-8)19(6)15-14(10-17-16(3,4)5)12(2)18-20(15)7/h13,17H,9-11H2,1-8H3. The second-order valence-corrected chi connectivity index (χ2v) is 7.65. The van der Waals surface area contributed by atoms with Crippen LogP contribution in [0, 0.1) is 6.92 Å². The molecule has 1 N–H and O–H groups in total. The molecule has 0 bridgehead atoms. The third kappa shape index (κ3) is 4.92.